The van der Waals surface area contributed by atoms with E-state index in [1.54, 1.807) is 25.1 Å². The Hall–Kier alpha value is -1.88. The van der Waals surface area contributed by atoms with E-state index in [1.165, 1.54) is 17.8 Å². The lowest BCUT2D eigenvalue weighted by Gasteiger charge is -2.00. The number of rotatable bonds is 3. The van der Waals surface area contributed by atoms with Crippen LogP contribution < -0.4 is 0 Å². The number of benzene rings is 1. The largest absolute Gasteiger partial charge is 0.431 e. The molecule has 0 radical (unpaired) electrons. The quantitative estimate of drug-likeness (QED) is 0.532. The number of oxazole rings is 1. The van der Waals surface area contributed by atoms with Crippen LogP contribution in [0.2, 0.25) is 0 Å². The summed E-state index contributed by atoms with van der Waals surface area (Å²) in [6.07, 6.45) is 1.78. The highest BCUT2D eigenvalue weighted by atomic mass is 32.2. The molecule has 96 valence electrons. The molecule has 0 atom stereocenters. The van der Waals surface area contributed by atoms with Crippen LogP contribution in [0.25, 0.3) is 22.0 Å². The van der Waals surface area contributed by atoms with Gasteiger partial charge in [0.05, 0.1) is 5.69 Å². The maximum atomic E-state index is 13.8. The summed E-state index contributed by atoms with van der Waals surface area (Å²) in [7, 11) is 0. The van der Waals surface area contributed by atoms with Crippen molar-refractivity contribution in [3.8, 4) is 0 Å². The molecule has 3 nitrogen and oxygen atoms in total. The molecule has 0 aliphatic heterocycles. The van der Waals surface area contributed by atoms with Crippen LogP contribution in [-0.2, 0) is 0 Å². The molecule has 3 rings (SSSR count). The second kappa shape index (κ2) is 4.66. The Bertz CT molecular complexity index is 782. The fourth-order valence-electron chi connectivity index (χ4n) is 1.95. The highest BCUT2D eigenvalue weighted by Gasteiger charge is 2.15. The second-order valence-electron chi connectivity index (χ2n) is 4.09. The van der Waals surface area contributed by atoms with E-state index < -0.39 is 0 Å². The summed E-state index contributed by atoms with van der Waals surface area (Å²) in [6.45, 7) is 5.46. The third-order valence-electron chi connectivity index (χ3n) is 2.79. The minimum atomic E-state index is -0.348. The van der Waals surface area contributed by atoms with Crippen molar-refractivity contribution >= 4 is 33.8 Å². The van der Waals surface area contributed by atoms with Crippen molar-refractivity contribution in [1.29, 1.82) is 0 Å². The fraction of sp³-hybridized carbons (Fsp3) is 0.143. The molecule has 2 aromatic heterocycles. The van der Waals surface area contributed by atoms with Gasteiger partial charge in [-0.2, -0.15) is 0 Å². The van der Waals surface area contributed by atoms with Crippen molar-refractivity contribution in [2.24, 2.45) is 0 Å². The number of hydrogen-bond donors (Lipinski definition) is 0. The molecule has 0 spiro atoms. The maximum Gasteiger partial charge on any atom is 0.257 e. The molecule has 5 heteroatoms. The van der Waals surface area contributed by atoms with Gasteiger partial charge in [0.1, 0.15) is 16.9 Å². The minimum absolute atomic E-state index is 0.323. The Labute approximate surface area is 113 Å². The number of aryl methyl sites for hydroxylation is 1. The second-order valence-corrected chi connectivity index (χ2v) is 5.06. The van der Waals surface area contributed by atoms with E-state index in [4.69, 9.17) is 4.42 Å². The number of aromatic nitrogens is 2. The van der Waals surface area contributed by atoms with E-state index >= 15 is 0 Å². The third-order valence-corrected chi connectivity index (χ3v) is 3.61. The van der Waals surface area contributed by atoms with E-state index in [2.05, 4.69) is 16.5 Å². The number of fused-ring (bicyclic) bond motifs is 3. The van der Waals surface area contributed by atoms with Crippen LogP contribution in [0.1, 0.15) is 5.69 Å². The third kappa shape index (κ3) is 2.00. The average Bonchev–Trinajstić information content (AvgIpc) is 2.83. The SMILES string of the molecule is C=CCSc1nc2c(C)nc3c(F)cccc3c2o1. The van der Waals surface area contributed by atoms with Crippen molar-refractivity contribution in [2.75, 3.05) is 5.75 Å². The zero-order valence-corrected chi connectivity index (χ0v) is 11.1. The van der Waals surface area contributed by atoms with E-state index in [-0.39, 0.29) is 5.82 Å². The first-order chi connectivity index (χ1) is 9.20. The van der Waals surface area contributed by atoms with Gasteiger partial charge in [0.25, 0.3) is 5.22 Å². The molecule has 0 aliphatic carbocycles. The predicted molar refractivity (Wildman–Crippen MR) is 74.9 cm³/mol. The van der Waals surface area contributed by atoms with Gasteiger partial charge in [-0.1, -0.05) is 23.9 Å². The normalized spacial score (nSPS) is 11.3. The first-order valence-corrected chi connectivity index (χ1v) is 6.78. The number of pyridine rings is 1. The van der Waals surface area contributed by atoms with Crippen LogP contribution in [0.5, 0.6) is 0 Å². The van der Waals surface area contributed by atoms with Crippen molar-refractivity contribution in [2.45, 2.75) is 12.1 Å². The summed E-state index contributed by atoms with van der Waals surface area (Å²) in [5.41, 5.74) is 2.27. The van der Waals surface area contributed by atoms with Gasteiger partial charge in [-0.25, -0.2) is 14.4 Å². The Kier molecular flexibility index (Phi) is 2.98. The Balaban J connectivity index is 2.30. The molecule has 0 fully saturated rings. The molecule has 0 saturated carbocycles. The van der Waals surface area contributed by atoms with Crippen LogP contribution in [0.4, 0.5) is 4.39 Å². The van der Waals surface area contributed by atoms with Crippen molar-refractivity contribution in [1.82, 2.24) is 9.97 Å². The zero-order valence-electron chi connectivity index (χ0n) is 10.3. The molecule has 0 saturated heterocycles. The fourth-order valence-corrected chi connectivity index (χ4v) is 2.51. The highest BCUT2D eigenvalue weighted by Crippen LogP contribution is 2.31. The van der Waals surface area contributed by atoms with Crippen LogP contribution in [0.15, 0.2) is 40.5 Å². The molecule has 0 bridgehead atoms. The lowest BCUT2D eigenvalue weighted by Crippen LogP contribution is -1.89. The smallest absolute Gasteiger partial charge is 0.257 e. The van der Waals surface area contributed by atoms with Gasteiger partial charge in [-0.15, -0.1) is 6.58 Å². The number of para-hydroxylation sites is 1. The highest BCUT2D eigenvalue weighted by molar-refractivity contribution is 7.99. The van der Waals surface area contributed by atoms with E-state index in [0.29, 0.717) is 38.7 Å². The van der Waals surface area contributed by atoms with Gasteiger partial charge in [-0.3, -0.25) is 0 Å². The number of thioether (sulfide) groups is 1. The lowest BCUT2D eigenvalue weighted by molar-refractivity contribution is 0.492. The summed E-state index contributed by atoms with van der Waals surface area (Å²) in [5, 5.41) is 1.20. The summed E-state index contributed by atoms with van der Waals surface area (Å²) < 4.78 is 19.5. The van der Waals surface area contributed by atoms with E-state index in [1.807, 2.05) is 0 Å². The van der Waals surface area contributed by atoms with Gasteiger partial charge >= 0.3 is 0 Å². The van der Waals surface area contributed by atoms with E-state index in [0.717, 1.165) is 0 Å². The summed E-state index contributed by atoms with van der Waals surface area (Å²) >= 11 is 1.45. The Morgan fingerprint density at radius 1 is 1.37 bits per heavy atom. The maximum absolute atomic E-state index is 13.8. The Morgan fingerprint density at radius 2 is 2.21 bits per heavy atom. The van der Waals surface area contributed by atoms with Gasteiger partial charge in [0, 0.05) is 11.1 Å². The average molecular weight is 274 g/mol. The molecular weight excluding hydrogens is 263 g/mol. The molecule has 0 aliphatic rings. The summed E-state index contributed by atoms with van der Waals surface area (Å²) in [4.78, 5) is 8.66. The monoisotopic (exact) mass is 274 g/mol. The minimum Gasteiger partial charge on any atom is -0.431 e. The van der Waals surface area contributed by atoms with Gasteiger partial charge in [0.15, 0.2) is 5.58 Å². The molecule has 3 aromatic rings. The van der Waals surface area contributed by atoms with E-state index in [9.17, 15) is 4.39 Å². The zero-order chi connectivity index (χ0) is 13.4. The van der Waals surface area contributed by atoms with Gasteiger partial charge in [0.2, 0.25) is 0 Å². The summed E-state index contributed by atoms with van der Waals surface area (Å²) in [5.74, 6) is 0.366. The molecule has 0 N–H and O–H groups in total. The van der Waals surface area contributed by atoms with Crippen LogP contribution >= 0.6 is 11.8 Å². The topological polar surface area (TPSA) is 38.9 Å². The molecule has 2 heterocycles. The lowest BCUT2D eigenvalue weighted by atomic mass is 10.1. The first kappa shape index (κ1) is 12.2. The van der Waals surface area contributed by atoms with Crippen LogP contribution in [-0.4, -0.2) is 15.7 Å². The molecule has 0 amide bonds. The van der Waals surface area contributed by atoms with Crippen LogP contribution in [0, 0.1) is 12.7 Å². The molecule has 1 aromatic carbocycles. The van der Waals surface area contributed by atoms with Crippen molar-refractivity contribution in [3.63, 3.8) is 0 Å². The first-order valence-electron chi connectivity index (χ1n) is 5.79. The van der Waals surface area contributed by atoms with Gasteiger partial charge < -0.3 is 4.42 Å². The number of hydrogen-bond acceptors (Lipinski definition) is 4. The standard InChI is InChI=1S/C14H11FN2OS/c1-3-7-19-14-17-11-8(2)16-12-9(13(11)18-14)5-4-6-10(12)15/h3-6H,1,7H2,2H3. The van der Waals surface area contributed by atoms with Crippen molar-refractivity contribution < 1.29 is 8.81 Å². The number of halogens is 1. The number of nitrogens with zero attached hydrogens (tertiary/aromatic N) is 2. The molecule has 0 unspecified atom stereocenters. The Morgan fingerprint density at radius 3 is 3.00 bits per heavy atom. The molecule has 19 heavy (non-hydrogen) atoms. The summed E-state index contributed by atoms with van der Waals surface area (Å²) in [6, 6.07) is 4.83. The van der Waals surface area contributed by atoms with Crippen LogP contribution in [0.3, 0.4) is 0 Å². The predicted octanol–water partition coefficient (Wildman–Crippen LogP) is 4.10. The molecular formula is C14H11FN2OS. The van der Waals surface area contributed by atoms with Crippen molar-refractivity contribution in [3.05, 3.63) is 42.4 Å². The van der Waals surface area contributed by atoms with Gasteiger partial charge in [-0.05, 0) is 19.1 Å².